The molecule has 132 valence electrons. The Hall–Kier alpha value is -2.01. The number of aliphatic hydroxyl groups is 1. The zero-order valence-electron chi connectivity index (χ0n) is 14.8. The summed E-state index contributed by atoms with van der Waals surface area (Å²) in [5, 5.41) is 11.7. The van der Waals surface area contributed by atoms with Crippen molar-refractivity contribution in [1.29, 1.82) is 0 Å². The molecule has 1 aromatic rings. The molecule has 0 heterocycles. The van der Waals surface area contributed by atoms with Crippen LogP contribution < -0.4 is 5.32 Å². The SMILES string of the molecule is C/C=C(\C=C(/C)[C@H](NC(=O)CO)C(C)(C)C)c1cc(F)ccc1F. The van der Waals surface area contributed by atoms with Gasteiger partial charge in [0.2, 0.25) is 5.91 Å². The van der Waals surface area contributed by atoms with E-state index in [0.29, 0.717) is 5.57 Å². The lowest BCUT2D eigenvalue weighted by molar-refractivity contribution is -0.124. The molecule has 0 radical (unpaired) electrons. The molecule has 1 aromatic carbocycles. The van der Waals surface area contributed by atoms with Crippen LogP contribution in [0.4, 0.5) is 8.78 Å². The summed E-state index contributed by atoms with van der Waals surface area (Å²) in [6, 6.07) is 2.95. The van der Waals surface area contributed by atoms with Crippen molar-refractivity contribution in [1.82, 2.24) is 5.32 Å². The average Bonchev–Trinajstić information content (AvgIpc) is 2.51. The van der Waals surface area contributed by atoms with Crippen molar-refractivity contribution in [2.45, 2.75) is 40.7 Å². The Kier molecular flexibility index (Phi) is 6.84. The average molecular weight is 337 g/mol. The third-order valence-corrected chi connectivity index (χ3v) is 3.70. The predicted molar refractivity (Wildman–Crippen MR) is 92.2 cm³/mol. The second kappa shape index (κ2) is 8.20. The maximum Gasteiger partial charge on any atom is 0.246 e. The van der Waals surface area contributed by atoms with Gasteiger partial charge in [0.05, 0.1) is 6.04 Å². The summed E-state index contributed by atoms with van der Waals surface area (Å²) in [6.07, 6.45) is 3.42. The quantitative estimate of drug-likeness (QED) is 0.802. The molecule has 0 aromatic heterocycles. The van der Waals surface area contributed by atoms with Gasteiger partial charge in [0, 0.05) is 5.56 Å². The van der Waals surface area contributed by atoms with Crippen molar-refractivity contribution < 1.29 is 18.7 Å². The van der Waals surface area contributed by atoms with Crippen LogP contribution in [0.5, 0.6) is 0 Å². The minimum absolute atomic E-state index is 0.165. The molecule has 1 amide bonds. The standard InChI is InChI=1S/C19H25F2NO2/c1-6-13(15-10-14(20)7-8-16(15)21)9-12(2)18(19(3,4)5)22-17(24)11-23/h6-10,18,23H,11H2,1-5H3,(H,22,24)/b12-9+,13-6+/t18-/m0/s1. The summed E-state index contributed by atoms with van der Waals surface area (Å²) in [5.41, 5.74) is 1.15. The zero-order chi connectivity index (χ0) is 18.5. The van der Waals surface area contributed by atoms with E-state index < -0.39 is 24.1 Å². The maximum absolute atomic E-state index is 14.0. The summed E-state index contributed by atoms with van der Waals surface area (Å²) in [5.74, 6) is -1.51. The van der Waals surface area contributed by atoms with E-state index in [1.54, 1.807) is 19.1 Å². The van der Waals surface area contributed by atoms with Crippen LogP contribution in [-0.2, 0) is 4.79 Å². The molecule has 0 aliphatic rings. The highest BCUT2D eigenvalue weighted by Crippen LogP contribution is 2.28. The third-order valence-electron chi connectivity index (χ3n) is 3.70. The summed E-state index contributed by atoms with van der Waals surface area (Å²) in [4.78, 5) is 11.6. The van der Waals surface area contributed by atoms with Gasteiger partial charge in [-0.1, -0.05) is 32.9 Å². The Labute approximate surface area is 142 Å². The number of aliphatic hydroxyl groups excluding tert-OH is 1. The van der Waals surface area contributed by atoms with Crippen LogP contribution in [0.1, 0.15) is 40.2 Å². The van der Waals surface area contributed by atoms with Gasteiger partial charge in [-0.3, -0.25) is 4.79 Å². The highest BCUT2D eigenvalue weighted by atomic mass is 19.1. The van der Waals surface area contributed by atoms with Crippen LogP contribution in [0.2, 0.25) is 0 Å². The zero-order valence-corrected chi connectivity index (χ0v) is 14.8. The van der Waals surface area contributed by atoms with E-state index in [9.17, 15) is 13.6 Å². The Balaban J connectivity index is 3.26. The number of amides is 1. The Morgan fingerprint density at radius 2 is 1.96 bits per heavy atom. The van der Waals surface area contributed by atoms with Crippen molar-refractivity contribution >= 4 is 11.5 Å². The highest BCUT2D eigenvalue weighted by Gasteiger charge is 2.27. The summed E-state index contributed by atoms with van der Waals surface area (Å²) < 4.78 is 27.5. The summed E-state index contributed by atoms with van der Waals surface area (Å²) in [6.45, 7) is 8.80. The van der Waals surface area contributed by atoms with E-state index in [1.807, 2.05) is 27.7 Å². The lowest BCUT2D eigenvalue weighted by Gasteiger charge is -2.32. The van der Waals surface area contributed by atoms with Gasteiger partial charge < -0.3 is 10.4 Å². The van der Waals surface area contributed by atoms with Crippen molar-refractivity contribution in [3.63, 3.8) is 0 Å². The lowest BCUT2D eigenvalue weighted by Crippen LogP contribution is -2.45. The number of halogens is 2. The smallest absolute Gasteiger partial charge is 0.246 e. The van der Waals surface area contributed by atoms with E-state index in [0.717, 1.165) is 23.8 Å². The largest absolute Gasteiger partial charge is 0.387 e. The van der Waals surface area contributed by atoms with E-state index in [1.165, 1.54) is 0 Å². The van der Waals surface area contributed by atoms with Gasteiger partial charge in [0.25, 0.3) is 0 Å². The molecular weight excluding hydrogens is 312 g/mol. The van der Waals surface area contributed by atoms with Crippen LogP contribution in [0.3, 0.4) is 0 Å². The minimum atomic E-state index is -0.602. The van der Waals surface area contributed by atoms with Crippen LogP contribution in [0.25, 0.3) is 5.57 Å². The molecule has 0 aliphatic heterocycles. The fourth-order valence-electron chi connectivity index (χ4n) is 2.58. The van der Waals surface area contributed by atoms with Gasteiger partial charge in [-0.25, -0.2) is 8.78 Å². The Morgan fingerprint density at radius 3 is 2.46 bits per heavy atom. The first-order valence-electron chi connectivity index (χ1n) is 7.80. The molecule has 5 heteroatoms. The number of hydrogen-bond donors (Lipinski definition) is 2. The molecule has 0 bridgehead atoms. The molecule has 1 atom stereocenters. The van der Waals surface area contributed by atoms with Crippen LogP contribution in [0, 0.1) is 17.0 Å². The van der Waals surface area contributed by atoms with Gasteiger partial charge in [-0.15, -0.1) is 0 Å². The molecular formula is C19H25F2NO2. The number of allylic oxidation sites excluding steroid dienone is 3. The van der Waals surface area contributed by atoms with Gasteiger partial charge in [0.1, 0.15) is 18.2 Å². The first-order chi connectivity index (χ1) is 11.1. The second-order valence-electron chi connectivity index (χ2n) is 6.78. The number of hydrogen-bond acceptors (Lipinski definition) is 2. The Bertz CT molecular complexity index is 658. The molecule has 3 nitrogen and oxygen atoms in total. The monoisotopic (exact) mass is 337 g/mol. The van der Waals surface area contributed by atoms with Crippen LogP contribution in [-0.4, -0.2) is 23.7 Å². The van der Waals surface area contributed by atoms with E-state index in [4.69, 9.17) is 5.11 Å². The van der Waals surface area contributed by atoms with Gasteiger partial charge in [0.15, 0.2) is 0 Å². The number of benzene rings is 1. The first kappa shape index (κ1) is 20.0. The van der Waals surface area contributed by atoms with Crippen molar-refractivity contribution in [2.75, 3.05) is 6.61 Å². The van der Waals surface area contributed by atoms with E-state index in [-0.39, 0.29) is 17.0 Å². The maximum atomic E-state index is 14.0. The normalized spacial score (nSPS) is 14.5. The minimum Gasteiger partial charge on any atom is -0.387 e. The molecule has 0 unspecified atom stereocenters. The fourth-order valence-corrected chi connectivity index (χ4v) is 2.58. The predicted octanol–water partition coefficient (Wildman–Crippen LogP) is 3.84. The molecule has 24 heavy (non-hydrogen) atoms. The molecule has 0 spiro atoms. The first-order valence-corrected chi connectivity index (χ1v) is 7.80. The summed E-state index contributed by atoms with van der Waals surface area (Å²) >= 11 is 0. The van der Waals surface area contributed by atoms with Gasteiger partial charge >= 0.3 is 0 Å². The van der Waals surface area contributed by atoms with Crippen molar-refractivity contribution in [3.05, 3.63) is 53.1 Å². The van der Waals surface area contributed by atoms with Crippen molar-refractivity contribution in [3.8, 4) is 0 Å². The fraction of sp³-hybridized carbons (Fsp3) is 0.421. The molecule has 0 aliphatic carbocycles. The molecule has 0 fully saturated rings. The third kappa shape index (κ3) is 5.27. The second-order valence-corrected chi connectivity index (χ2v) is 6.78. The topological polar surface area (TPSA) is 49.3 Å². The van der Waals surface area contributed by atoms with Crippen LogP contribution in [0.15, 0.2) is 35.9 Å². The van der Waals surface area contributed by atoms with Gasteiger partial charge in [-0.05, 0) is 48.6 Å². The summed E-state index contributed by atoms with van der Waals surface area (Å²) in [7, 11) is 0. The number of nitrogens with one attached hydrogen (secondary N) is 1. The Morgan fingerprint density at radius 1 is 1.33 bits per heavy atom. The van der Waals surface area contributed by atoms with Crippen molar-refractivity contribution in [2.24, 2.45) is 5.41 Å². The molecule has 1 rings (SSSR count). The number of carbonyl (C=O) groups is 1. The molecule has 0 saturated heterocycles. The van der Waals surface area contributed by atoms with Crippen LogP contribution >= 0.6 is 0 Å². The van der Waals surface area contributed by atoms with E-state index >= 15 is 0 Å². The van der Waals surface area contributed by atoms with E-state index in [2.05, 4.69) is 5.32 Å². The molecule has 2 N–H and O–H groups in total. The van der Waals surface area contributed by atoms with Gasteiger partial charge in [-0.2, -0.15) is 0 Å². The molecule has 0 saturated carbocycles. The number of carbonyl (C=O) groups excluding carboxylic acids is 1. The highest BCUT2D eigenvalue weighted by molar-refractivity contribution is 5.78. The number of rotatable bonds is 5. The lowest BCUT2D eigenvalue weighted by atomic mass is 9.81.